The molecular weight excluding hydrogens is 144 g/mol. The van der Waals surface area contributed by atoms with Crippen molar-refractivity contribution in [3.63, 3.8) is 0 Å². The Morgan fingerprint density at radius 1 is 0.909 bits per heavy atom. The van der Waals surface area contributed by atoms with Gasteiger partial charge in [-0.1, -0.05) is 13.8 Å². The van der Waals surface area contributed by atoms with Crippen molar-refractivity contribution in [2.24, 2.45) is 5.92 Å². The quantitative estimate of drug-likeness (QED) is 0.527. The Balaban J connectivity index is 0. The van der Waals surface area contributed by atoms with E-state index in [0.717, 1.165) is 12.8 Å². The zero-order valence-corrected chi connectivity index (χ0v) is 7.45. The van der Waals surface area contributed by atoms with Crippen molar-refractivity contribution in [3.05, 3.63) is 0 Å². The maximum absolute atomic E-state index is 8.14. The number of aliphatic hydroxyl groups is 3. The molecule has 0 saturated heterocycles. The van der Waals surface area contributed by atoms with Crippen molar-refractivity contribution in [2.45, 2.75) is 26.7 Å². The van der Waals surface area contributed by atoms with Crippen LogP contribution in [0.15, 0.2) is 0 Å². The van der Waals surface area contributed by atoms with Crippen molar-refractivity contribution >= 4 is 0 Å². The van der Waals surface area contributed by atoms with E-state index in [-0.39, 0.29) is 13.2 Å². The van der Waals surface area contributed by atoms with Crippen molar-refractivity contribution in [1.29, 1.82) is 0 Å². The molecule has 0 aromatic carbocycles. The van der Waals surface area contributed by atoms with Crippen LogP contribution >= 0.6 is 0 Å². The molecule has 0 rings (SSSR count). The SMILES string of the molecule is CC(C)CO.OCCCCO. The molecule has 3 nitrogen and oxygen atoms in total. The van der Waals surface area contributed by atoms with Gasteiger partial charge in [0.1, 0.15) is 0 Å². The second-order valence-corrected chi connectivity index (χ2v) is 2.73. The van der Waals surface area contributed by atoms with Crippen LogP contribution in [0.5, 0.6) is 0 Å². The molecule has 0 aromatic rings. The summed E-state index contributed by atoms with van der Waals surface area (Å²) >= 11 is 0. The van der Waals surface area contributed by atoms with Crippen LogP contribution in [0.25, 0.3) is 0 Å². The van der Waals surface area contributed by atoms with E-state index in [1.165, 1.54) is 0 Å². The van der Waals surface area contributed by atoms with Gasteiger partial charge in [-0.25, -0.2) is 0 Å². The fourth-order valence-electron chi connectivity index (χ4n) is 0.224. The first-order valence-corrected chi connectivity index (χ1v) is 4.01. The van der Waals surface area contributed by atoms with Crippen molar-refractivity contribution in [2.75, 3.05) is 19.8 Å². The molecule has 0 radical (unpaired) electrons. The zero-order chi connectivity index (χ0) is 9.11. The van der Waals surface area contributed by atoms with Gasteiger partial charge in [0.15, 0.2) is 0 Å². The number of rotatable bonds is 4. The van der Waals surface area contributed by atoms with Gasteiger partial charge in [0, 0.05) is 19.8 Å². The molecule has 3 heteroatoms. The topological polar surface area (TPSA) is 60.7 Å². The largest absolute Gasteiger partial charge is 0.396 e. The number of hydrogen-bond acceptors (Lipinski definition) is 3. The van der Waals surface area contributed by atoms with Gasteiger partial charge in [-0.3, -0.25) is 0 Å². The molecule has 0 amide bonds. The molecule has 0 unspecified atom stereocenters. The maximum atomic E-state index is 8.14. The molecule has 0 atom stereocenters. The minimum absolute atomic E-state index is 0.195. The molecule has 0 spiro atoms. The normalized spacial score (nSPS) is 9.27. The Hall–Kier alpha value is -0.120. The van der Waals surface area contributed by atoms with Crippen LogP contribution in [0.3, 0.4) is 0 Å². The first-order chi connectivity index (χ1) is 5.18. The summed E-state index contributed by atoms with van der Waals surface area (Å²) in [6.07, 6.45) is 1.44. The second-order valence-electron chi connectivity index (χ2n) is 2.73. The third-order valence-corrected chi connectivity index (χ3v) is 0.931. The van der Waals surface area contributed by atoms with Gasteiger partial charge < -0.3 is 15.3 Å². The Labute approximate surface area is 68.7 Å². The predicted octanol–water partition coefficient (Wildman–Crippen LogP) is 0.386. The molecule has 70 valence electrons. The minimum Gasteiger partial charge on any atom is -0.396 e. The van der Waals surface area contributed by atoms with Gasteiger partial charge in [0.05, 0.1) is 0 Å². The summed E-state index contributed by atoms with van der Waals surface area (Å²) in [5.74, 6) is 0.440. The van der Waals surface area contributed by atoms with Crippen LogP contribution in [-0.2, 0) is 0 Å². The first-order valence-electron chi connectivity index (χ1n) is 4.01. The molecule has 0 fully saturated rings. The van der Waals surface area contributed by atoms with Gasteiger partial charge in [-0.15, -0.1) is 0 Å². The van der Waals surface area contributed by atoms with E-state index < -0.39 is 0 Å². The van der Waals surface area contributed by atoms with Gasteiger partial charge >= 0.3 is 0 Å². The van der Waals surface area contributed by atoms with Crippen LogP contribution in [0.1, 0.15) is 26.7 Å². The summed E-state index contributed by atoms with van der Waals surface area (Å²) in [4.78, 5) is 0. The Morgan fingerprint density at radius 3 is 1.27 bits per heavy atom. The Morgan fingerprint density at radius 2 is 1.18 bits per heavy atom. The highest BCUT2D eigenvalue weighted by molar-refractivity contribution is 4.32. The molecular formula is C8H20O3. The lowest BCUT2D eigenvalue weighted by Crippen LogP contribution is -1.90. The van der Waals surface area contributed by atoms with E-state index in [2.05, 4.69) is 0 Å². The molecule has 0 saturated carbocycles. The maximum Gasteiger partial charge on any atom is 0.0453 e. The highest BCUT2D eigenvalue weighted by atomic mass is 16.3. The number of aliphatic hydroxyl groups excluding tert-OH is 3. The zero-order valence-electron chi connectivity index (χ0n) is 7.45. The molecule has 0 aromatic heterocycles. The lowest BCUT2D eigenvalue weighted by Gasteiger charge is -1.90. The summed E-state index contributed by atoms with van der Waals surface area (Å²) in [7, 11) is 0. The molecule has 0 heterocycles. The van der Waals surface area contributed by atoms with E-state index >= 15 is 0 Å². The van der Waals surface area contributed by atoms with E-state index in [9.17, 15) is 0 Å². The van der Waals surface area contributed by atoms with E-state index in [4.69, 9.17) is 15.3 Å². The number of unbranched alkanes of at least 4 members (excludes halogenated alkanes) is 1. The highest BCUT2D eigenvalue weighted by Crippen LogP contribution is 1.83. The van der Waals surface area contributed by atoms with E-state index in [1.54, 1.807) is 0 Å². The third-order valence-electron chi connectivity index (χ3n) is 0.931. The smallest absolute Gasteiger partial charge is 0.0453 e. The van der Waals surface area contributed by atoms with Crippen molar-refractivity contribution in [3.8, 4) is 0 Å². The summed E-state index contributed by atoms with van der Waals surface area (Å²) in [6.45, 7) is 4.64. The fourth-order valence-corrected chi connectivity index (χ4v) is 0.224. The minimum atomic E-state index is 0.195. The van der Waals surface area contributed by atoms with Gasteiger partial charge in [0.2, 0.25) is 0 Å². The van der Waals surface area contributed by atoms with E-state index in [0.29, 0.717) is 12.5 Å². The van der Waals surface area contributed by atoms with Crippen molar-refractivity contribution < 1.29 is 15.3 Å². The molecule has 0 bridgehead atoms. The van der Waals surface area contributed by atoms with Crippen LogP contribution in [-0.4, -0.2) is 35.1 Å². The average molecular weight is 164 g/mol. The summed E-state index contributed by atoms with van der Waals surface area (Å²) in [5.41, 5.74) is 0. The van der Waals surface area contributed by atoms with Crippen LogP contribution in [0.4, 0.5) is 0 Å². The third kappa shape index (κ3) is 25.8. The fraction of sp³-hybridized carbons (Fsp3) is 1.00. The molecule has 0 aliphatic carbocycles. The summed E-state index contributed by atoms with van der Waals surface area (Å²) in [6, 6.07) is 0. The Kier molecular flexibility index (Phi) is 15.4. The molecule has 3 N–H and O–H groups in total. The Bertz CT molecular complexity index is 51.3. The van der Waals surface area contributed by atoms with E-state index in [1.807, 2.05) is 13.8 Å². The highest BCUT2D eigenvalue weighted by Gasteiger charge is 1.81. The summed E-state index contributed by atoms with van der Waals surface area (Å²) in [5, 5.41) is 24.3. The monoisotopic (exact) mass is 164 g/mol. The molecule has 11 heavy (non-hydrogen) atoms. The van der Waals surface area contributed by atoms with Gasteiger partial charge in [0.25, 0.3) is 0 Å². The lowest BCUT2D eigenvalue weighted by molar-refractivity contribution is 0.242. The molecule has 0 aliphatic rings. The van der Waals surface area contributed by atoms with Crippen LogP contribution in [0.2, 0.25) is 0 Å². The van der Waals surface area contributed by atoms with Gasteiger partial charge in [-0.05, 0) is 18.8 Å². The second kappa shape index (κ2) is 12.5. The standard InChI is InChI=1S/C4H10O2.C4H10O/c5-3-1-2-4-6;1-4(2)3-5/h5-6H,1-4H2;4-5H,3H2,1-2H3. The van der Waals surface area contributed by atoms with Crippen LogP contribution < -0.4 is 0 Å². The first kappa shape index (κ1) is 13.5. The lowest BCUT2D eigenvalue weighted by atomic mass is 10.2. The number of hydrogen-bond donors (Lipinski definition) is 3. The summed E-state index contributed by atoms with van der Waals surface area (Å²) < 4.78 is 0. The average Bonchev–Trinajstić information content (AvgIpc) is 2.02. The van der Waals surface area contributed by atoms with Crippen LogP contribution in [0, 0.1) is 5.92 Å². The van der Waals surface area contributed by atoms with Crippen molar-refractivity contribution in [1.82, 2.24) is 0 Å². The predicted molar refractivity (Wildman–Crippen MR) is 45.3 cm³/mol. The molecule has 0 aliphatic heterocycles. The van der Waals surface area contributed by atoms with Gasteiger partial charge in [-0.2, -0.15) is 0 Å².